The van der Waals surface area contributed by atoms with Crippen LogP contribution in [0.3, 0.4) is 0 Å². The van der Waals surface area contributed by atoms with Gasteiger partial charge in [0.1, 0.15) is 5.69 Å². The zero-order chi connectivity index (χ0) is 18.2. The van der Waals surface area contributed by atoms with Crippen LogP contribution in [0.15, 0.2) is 27.9 Å². The molecule has 0 bridgehead atoms. The summed E-state index contributed by atoms with van der Waals surface area (Å²) >= 11 is 1.37. The van der Waals surface area contributed by atoms with Crippen molar-refractivity contribution in [2.45, 2.75) is 25.7 Å². The summed E-state index contributed by atoms with van der Waals surface area (Å²) in [6.07, 6.45) is 0. The quantitative estimate of drug-likeness (QED) is 0.820. The molecule has 0 unspecified atom stereocenters. The molecule has 8 heteroatoms. The van der Waals surface area contributed by atoms with Crippen molar-refractivity contribution in [3.05, 3.63) is 45.4 Å². The van der Waals surface area contributed by atoms with Crippen molar-refractivity contribution in [3.63, 3.8) is 0 Å². The molecule has 1 aromatic carbocycles. The van der Waals surface area contributed by atoms with Crippen LogP contribution in [0.1, 0.15) is 27.2 Å². The van der Waals surface area contributed by atoms with Crippen LogP contribution in [0.4, 0.5) is 0 Å². The summed E-state index contributed by atoms with van der Waals surface area (Å²) in [5.74, 6) is -0.138. The fraction of sp³-hybridized carbons (Fsp3) is 0.412. The van der Waals surface area contributed by atoms with E-state index in [2.05, 4.69) is 4.98 Å². The molecule has 0 atom stereocenters. The number of nitrogens with zero attached hydrogens (tertiary/aromatic N) is 3. The Morgan fingerprint density at radius 3 is 2.20 bits per heavy atom. The van der Waals surface area contributed by atoms with Gasteiger partial charge >= 0.3 is 0 Å². The predicted octanol–water partition coefficient (Wildman–Crippen LogP) is 2.22. The molecule has 1 aliphatic heterocycles. The summed E-state index contributed by atoms with van der Waals surface area (Å²) in [6.45, 7) is 6.96. The number of hydrogen-bond donors (Lipinski definition) is 0. The molecule has 0 saturated carbocycles. The van der Waals surface area contributed by atoms with Crippen LogP contribution >= 0.6 is 11.3 Å². The Labute approximate surface area is 152 Å². The molecule has 2 heterocycles. The van der Waals surface area contributed by atoms with Gasteiger partial charge in [0.15, 0.2) is 0 Å². The van der Waals surface area contributed by atoms with Crippen molar-refractivity contribution in [1.29, 1.82) is 0 Å². The zero-order valence-corrected chi connectivity index (χ0v) is 16.2. The molecule has 1 aliphatic rings. The highest BCUT2D eigenvalue weighted by atomic mass is 32.2. The molecule has 3 rings (SSSR count). The molecule has 0 N–H and O–H groups in total. The van der Waals surface area contributed by atoms with Crippen LogP contribution in [0.5, 0.6) is 0 Å². The molecule has 0 radical (unpaired) electrons. The Morgan fingerprint density at radius 2 is 1.68 bits per heavy atom. The highest BCUT2D eigenvalue weighted by Crippen LogP contribution is 2.26. The summed E-state index contributed by atoms with van der Waals surface area (Å²) in [6, 6.07) is 3.78. The normalized spacial score (nSPS) is 16.2. The molecular formula is C17H21N3O3S2. The van der Waals surface area contributed by atoms with Crippen molar-refractivity contribution in [2.75, 3.05) is 26.2 Å². The van der Waals surface area contributed by atoms with Crippen LogP contribution in [-0.4, -0.2) is 54.7 Å². The van der Waals surface area contributed by atoms with E-state index >= 15 is 0 Å². The summed E-state index contributed by atoms with van der Waals surface area (Å²) in [4.78, 5) is 18.4. The lowest BCUT2D eigenvalue weighted by atomic mass is 10.1. The number of benzene rings is 1. The fourth-order valence-electron chi connectivity index (χ4n) is 3.31. The number of hydrogen-bond acceptors (Lipinski definition) is 5. The third-order valence-electron chi connectivity index (χ3n) is 4.38. The Balaban J connectivity index is 1.77. The maximum Gasteiger partial charge on any atom is 0.273 e. The van der Waals surface area contributed by atoms with Gasteiger partial charge in [-0.25, -0.2) is 13.4 Å². The standard InChI is InChI=1S/C17H21N3O3S2/c1-12-8-13(2)16(14(3)9-12)25(22,23)20-6-4-19(5-7-20)17(21)15-10-24-11-18-15/h8-11H,4-7H2,1-3H3. The summed E-state index contributed by atoms with van der Waals surface area (Å²) in [7, 11) is -3.56. The minimum atomic E-state index is -3.56. The first kappa shape index (κ1) is 18.0. The lowest BCUT2D eigenvalue weighted by molar-refractivity contribution is 0.0692. The van der Waals surface area contributed by atoms with Gasteiger partial charge in [-0.05, 0) is 31.9 Å². The Kier molecular flexibility index (Phi) is 4.95. The number of aryl methyl sites for hydroxylation is 3. The van der Waals surface area contributed by atoms with Crippen molar-refractivity contribution < 1.29 is 13.2 Å². The summed E-state index contributed by atoms with van der Waals surface area (Å²) in [5.41, 5.74) is 4.62. The number of aromatic nitrogens is 1. The van der Waals surface area contributed by atoms with Crippen molar-refractivity contribution in [1.82, 2.24) is 14.2 Å². The zero-order valence-electron chi connectivity index (χ0n) is 14.5. The number of sulfonamides is 1. The molecule has 25 heavy (non-hydrogen) atoms. The molecule has 1 amide bonds. The maximum atomic E-state index is 13.1. The summed E-state index contributed by atoms with van der Waals surface area (Å²) < 4.78 is 27.6. The van der Waals surface area contributed by atoms with Gasteiger partial charge in [-0.3, -0.25) is 4.79 Å². The smallest absolute Gasteiger partial charge is 0.273 e. The second-order valence-corrected chi connectivity index (χ2v) is 8.89. The van der Waals surface area contributed by atoms with E-state index in [0.717, 1.165) is 16.7 Å². The van der Waals surface area contributed by atoms with Crippen molar-refractivity contribution in [3.8, 4) is 0 Å². The Hall–Kier alpha value is -1.77. The fourth-order valence-corrected chi connectivity index (χ4v) is 5.67. The predicted molar refractivity (Wildman–Crippen MR) is 97.4 cm³/mol. The first-order valence-corrected chi connectivity index (χ1v) is 10.4. The van der Waals surface area contributed by atoms with Gasteiger partial charge in [-0.1, -0.05) is 17.7 Å². The largest absolute Gasteiger partial charge is 0.335 e. The van der Waals surface area contributed by atoms with Gasteiger partial charge in [-0.2, -0.15) is 4.31 Å². The molecule has 0 spiro atoms. The number of amides is 1. The molecule has 6 nitrogen and oxygen atoms in total. The van der Waals surface area contributed by atoms with Crippen LogP contribution in [-0.2, 0) is 10.0 Å². The highest BCUT2D eigenvalue weighted by Gasteiger charge is 2.32. The van der Waals surface area contributed by atoms with E-state index in [1.807, 2.05) is 32.9 Å². The average molecular weight is 380 g/mol. The first-order chi connectivity index (χ1) is 11.8. The number of thiazole rings is 1. The van der Waals surface area contributed by atoms with Crippen LogP contribution in [0.25, 0.3) is 0 Å². The van der Waals surface area contributed by atoms with E-state index in [9.17, 15) is 13.2 Å². The summed E-state index contributed by atoms with van der Waals surface area (Å²) in [5, 5.41) is 1.71. The number of carbonyl (C=O) groups is 1. The number of piperazine rings is 1. The second kappa shape index (κ2) is 6.86. The lowest BCUT2D eigenvalue weighted by Gasteiger charge is -2.34. The Morgan fingerprint density at radius 1 is 1.08 bits per heavy atom. The SMILES string of the molecule is Cc1cc(C)c(S(=O)(=O)N2CCN(C(=O)c3cscn3)CC2)c(C)c1. The van der Waals surface area contributed by atoms with E-state index in [1.54, 1.807) is 15.8 Å². The molecule has 1 aromatic heterocycles. The van der Waals surface area contributed by atoms with E-state index in [0.29, 0.717) is 36.8 Å². The molecule has 134 valence electrons. The van der Waals surface area contributed by atoms with Gasteiger partial charge in [0.25, 0.3) is 5.91 Å². The van der Waals surface area contributed by atoms with E-state index in [4.69, 9.17) is 0 Å². The van der Waals surface area contributed by atoms with E-state index < -0.39 is 10.0 Å². The number of carbonyl (C=O) groups excluding carboxylic acids is 1. The number of rotatable bonds is 3. The second-order valence-electron chi connectivity index (χ2n) is 6.30. The highest BCUT2D eigenvalue weighted by molar-refractivity contribution is 7.89. The van der Waals surface area contributed by atoms with E-state index in [1.165, 1.54) is 15.6 Å². The Bertz CT molecular complexity index is 861. The van der Waals surface area contributed by atoms with Gasteiger partial charge < -0.3 is 4.90 Å². The van der Waals surface area contributed by atoms with Crippen molar-refractivity contribution in [2.24, 2.45) is 0 Å². The minimum absolute atomic E-state index is 0.138. The molecule has 1 saturated heterocycles. The lowest BCUT2D eigenvalue weighted by Crippen LogP contribution is -2.50. The first-order valence-electron chi connectivity index (χ1n) is 8.06. The molecule has 2 aromatic rings. The monoisotopic (exact) mass is 379 g/mol. The van der Waals surface area contributed by atoms with Crippen LogP contribution in [0.2, 0.25) is 0 Å². The molecular weight excluding hydrogens is 358 g/mol. The van der Waals surface area contributed by atoms with Gasteiger partial charge in [0.2, 0.25) is 10.0 Å². The molecule has 1 fully saturated rings. The molecule has 0 aliphatic carbocycles. The van der Waals surface area contributed by atoms with Crippen LogP contribution < -0.4 is 0 Å². The third-order valence-corrected chi connectivity index (χ3v) is 7.17. The van der Waals surface area contributed by atoms with Crippen LogP contribution in [0, 0.1) is 20.8 Å². The topological polar surface area (TPSA) is 70.6 Å². The minimum Gasteiger partial charge on any atom is -0.335 e. The maximum absolute atomic E-state index is 13.1. The third kappa shape index (κ3) is 3.47. The van der Waals surface area contributed by atoms with Gasteiger partial charge in [0.05, 0.1) is 10.4 Å². The van der Waals surface area contributed by atoms with Gasteiger partial charge in [0, 0.05) is 31.6 Å². The van der Waals surface area contributed by atoms with E-state index in [-0.39, 0.29) is 5.91 Å². The van der Waals surface area contributed by atoms with Gasteiger partial charge in [-0.15, -0.1) is 11.3 Å². The average Bonchev–Trinajstić information content (AvgIpc) is 3.07. The van der Waals surface area contributed by atoms with Crippen molar-refractivity contribution >= 4 is 27.3 Å².